The van der Waals surface area contributed by atoms with E-state index in [2.05, 4.69) is 15.9 Å². The highest BCUT2D eigenvalue weighted by Crippen LogP contribution is 2.25. The van der Waals surface area contributed by atoms with Gasteiger partial charge in [0.25, 0.3) is 5.91 Å². The molecule has 0 aromatic heterocycles. The summed E-state index contributed by atoms with van der Waals surface area (Å²) in [6.45, 7) is 0. The number of hydrogen-bond acceptors (Lipinski definition) is 2. The first-order valence-corrected chi connectivity index (χ1v) is 6.68. The molecule has 0 aliphatic heterocycles. The van der Waals surface area contributed by atoms with Gasteiger partial charge >= 0.3 is 0 Å². The van der Waals surface area contributed by atoms with Crippen LogP contribution >= 0.6 is 27.5 Å². The van der Waals surface area contributed by atoms with E-state index >= 15 is 0 Å². The maximum Gasteiger partial charge on any atom is 0.259 e. The number of phenolic OH excluding ortho intramolecular Hbond substituents is 1. The Balaban J connectivity index is 2.30. The fraction of sp³-hybridized carbons (Fsp3) is 0.0714. The Kier molecular flexibility index (Phi) is 4.12. The fourth-order valence-electron chi connectivity index (χ4n) is 1.64. The summed E-state index contributed by atoms with van der Waals surface area (Å²) >= 11 is 9.36. The third kappa shape index (κ3) is 3.08. The number of amides is 1. The summed E-state index contributed by atoms with van der Waals surface area (Å²) in [5, 5.41) is 9.63. The molecule has 0 atom stereocenters. The molecule has 0 aliphatic rings. The number of nitrogens with zero attached hydrogens (tertiary/aromatic N) is 1. The molecule has 19 heavy (non-hydrogen) atoms. The van der Waals surface area contributed by atoms with Crippen LogP contribution in [0.15, 0.2) is 46.9 Å². The predicted molar refractivity (Wildman–Crippen MR) is 80.0 cm³/mol. The summed E-state index contributed by atoms with van der Waals surface area (Å²) < 4.78 is 0.821. The van der Waals surface area contributed by atoms with Crippen molar-refractivity contribution in [3.63, 3.8) is 0 Å². The number of hydrogen-bond donors (Lipinski definition) is 1. The number of phenols is 1. The molecule has 2 aromatic rings. The lowest BCUT2D eigenvalue weighted by Gasteiger charge is -2.18. The number of carbonyl (C=O) groups excluding carboxylic acids is 1. The van der Waals surface area contributed by atoms with E-state index in [1.165, 1.54) is 17.0 Å². The Morgan fingerprint density at radius 1 is 1.21 bits per heavy atom. The van der Waals surface area contributed by atoms with Crippen molar-refractivity contribution in [1.29, 1.82) is 0 Å². The molecule has 0 saturated heterocycles. The minimum Gasteiger partial charge on any atom is -0.508 e. The minimum atomic E-state index is -0.205. The molecule has 2 rings (SSSR count). The van der Waals surface area contributed by atoms with Crippen LogP contribution in [0.5, 0.6) is 5.75 Å². The number of aromatic hydroxyl groups is 1. The number of halogens is 2. The fourth-order valence-corrected chi connectivity index (χ4v) is 2.39. The molecule has 1 N–H and O–H groups in total. The second kappa shape index (κ2) is 5.63. The van der Waals surface area contributed by atoms with Crippen LogP contribution in [0.25, 0.3) is 0 Å². The molecular weight excluding hydrogens is 330 g/mol. The highest BCUT2D eigenvalue weighted by molar-refractivity contribution is 9.10. The molecule has 0 aliphatic carbocycles. The van der Waals surface area contributed by atoms with Gasteiger partial charge in [0.05, 0.1) is 10.6 Å². The molecule has 0 unspecified atom stereocenters. The highest BCUT2D eigenvalue weighted by atomic mass is 79.9. The topological polar surface area (TPSA) is 40.5 Å². The Morgan fingerprint density at radius 2 is 1.84 bits per heavy atom. The van der Waals surface area contributed by atoms with Crippen LogP contribution in [0.1, 0.15) is 10.4 Å². The molecule has 3 nitrogen and oxygen atoms in total. The SMILES string of the molecule is CN(C(=O)c1ccc(Br)cc1Cl)c1ccc(O)cc1. The Morgan fingerprint density at radius 3 is 2.42 bits per heavy atom. The number of rotatable bonds is 2. The minimum absolute atomic E-state index is 0.159. The van der Waals surface area contributed by atoms with E-state index in [1.54, 1.807) is 37.4 Å². The number of anilines is 1. The normalized spacial score (nSPS) is 10.3. The van der Waals surface area contributed by atoms with Crippen LogP contribution < -0.4 is 4.90 Å². The van der Waals surface area contributed by atoms with Gasteiger partial charge in [-0.05, 0) is 42.5 Å². The average Bonchev–Trinajstić information content (AvgIpc) is 2.38. The van der Waals surface area contributed by atoms with E-state index in [9.17, 15) is 9.90 Å². The average molecular weight is 341 g/mol. The summed E-state index contributed by atoms with van der Waals surface area (Å²) in [5.41, 5.74) is 1.11. The second-order valence-corrected chi connectivity index (χ2v) is 5.33. The number of benzene rings is 2. The van der Waals surface area contributed by atoms with Crippen molar-refractivity contribution in [2.24, 2.45) is 0 Å². The maximum absolute atomic E-state index is 12.3. The Labute approximate surface area is 124 Å². The lowest BCUT2D eigenvalue weighted by atomic mass is 10.2. The van der Waals surface area contributed by atoms with Crippen molar-refractivity contribution in [3.8, 4) is 5.75 Å². The van der Waals surface area contributed by atoms with Gasteiger partial charge in [-0.15, -0.1) is 0 Å². The third-order valence-electron chi connectivity index (χ3n) is 2.70. The lowest BCUT2D eigenvalue weighted by molar-refractivity contribution is 0.0993. The lowest BCUT2D eigenvalue weighted by Crippen LogP contribution is -2.26. The van der Waals surface area contributed by atoms with Gasteiger partial charge in [-0.2, -0.15) is 0 Å². The zero-order chi connectivity index (χ0) is 14.0. The number of carbonyl (C=O) groups is 1. The van der Waals surface area contributed by atoms with Crippen LogP contribution in [0, 0.1) is 0 Å². The Hall–Kier alpha value is -1.52. The molecule has 2 aromatic carbocycles. The van der Waals surface area contributed by atoms with Crippen molar-refractivity contribution >= 4 is 39.1 Å². The van der Waals surface area contributed by atoms with Crippen molar-refractivity contribution in [3.05, 3.63) is 57.5 Å². The van der Waals surface area contributed by atoms with Crippen LogP contribution in [-0.2, 0) is 0 Å². The van der Waals surface area contributed by atoms with Gasteiger partial charge in [-0.25, -0.2) is 0 Å². The zero-order valence-corrected chi connectivity index (χ0v) is 12.4. The third-order valence-corrected chi connectivity index (χ3v) is 3.51. The molecular formula is C14H11BrClNO2. The van der Waals surface area contributed by atoms with Gasteiger partial charge < -0.3 is 10.0 Å². The summed E-state index contributed by atoms with van der Waals surface area (Å²) in [7, 11) is 1.66. The molecule has 98 valence electrons. The van der Waals surface area contributed by atoms with E-state index in [4.69, 9.17) is 11.6 Å². The Bertz CT molecular complexity index is 613. The molecule has 0 bridgehead atoms. The van der Waals surface area contributed by atoms with E-state index in [0.717, 1.165) is 4.47 Å². The molecule has 0 heterocycles. The smallest absolute Gasteiger partial charge is 0.259 e. The van der Waals surface area contributed by atoms with E-state index in [1.807, 2.05) is 0 Å². The van der Waals surface area contributed by atoms with Crippen LogP contribution in [-0.4, -0.2) is 18.1 Å². The first kappa shape index (κ1) is 13.9. The largest absolute Gasteiger partial charge is 0.508 e. The van der Waals surface area contributed by atoms with Crippen molar-refractivity contribution in [2.75, 3.05) is 11.9 Å². The van der Waals surface area contributed by atoms with Gasteiger partial charge in [0, 0.05) is 17.2 Å². The van der Waals surface area contributed by atoms with Gasteiger partial charge in [0.1, 0.15) is 5.75 Å². The molecule has 0 saturated carbocycles. The predicted octanol–water partition coefficient (Wildman–Crippen LogP) is 4.08. The van der Waals surface area contributed by atoms with Crippen molar-refractivity contribution < 1.29 is 9.90 Å². The quantitative estimate of drug-likeness (QED) is 0.894. The summed E-state index contributed by atoms with van der Waals surface area (Å²) in [4.78, 5) is 13.8. The summed E-state index contributed by atoms with van der Waals surface area (Å²) in [6, 6.07) is 11.5. The molecule has 0 spiro atoms. The van der Waals surface area contributed by atoms with Crippen molar-refractivity contribution in [1.82, 2.24) is 0 Å². The van der Waals surface area contributed by atoms with E-state index in [-0.39, 0.29) is 11.7 Å². The summed E-state index contributed by atoms with van der Waals surface area (Å²) in [6.07, 6.45) is 0. The monoisotopic (exact) mass is 339 g/mol. The van der Waals surface area contributed by atoms with Gasteiger partial charge in [0.2, 0.25) is 0 Å². The van der Waals surface area contributed by atoms with Gasteiger partial charge in [-0.1, -0.05) is 27.5 Å². The van der Waals surface area contributed by atoms with Gasteiger partial charge in [-0.3, -0.25) is 4.79 Å². The van der Waals surface area contributed by atoms with Crippen LogP contribution in [0.4, 0.5) is 5.69 Å². The molecule has 5 heteroatoms. The summed E-state index contributed by atoms with van der Waals surface area (Å²) in [5.74, 6) is -0.0468. The van der Waals surface area contributed by atoms with E-state index in [0.29, 0.717) is 16.3 Å². The van der Waals surface area contributed by atoms with Gasteiger partial charge in [0.15, 0.2) is 0 Å². The second-order valence-electron chi connectivity index (χ2n) is 4.00. The van der Waals surface area contributed by atoms with E-state index < -0.39 is 0 Å². The van der Waals surface area contributed by atoms with Crippen molar-refractivity contribution in [2.45, 2.75) is 0 Å². The maximum atomic E-state index is 12.3. The standard InChI is InChI=1S/C14H11BrClNO2/c1-17(10-3-5-11(18)6-4-10)14(19)12-7-2-9(15)8-13(12)16/h2-8,18H,1H3. The molecule has 0 fully saturated rings. The first-order chi connectivity index (χ1) is 8.99. The molecule has 0 radical (unpaired) electrons. The highest BCUT2D eigenvalue weighted by Gasteiger charge is 2.16. The molecule has 1 amide bonds. The first-order valence-electron chi connectivity index (χ1n) is 5.51. The van der Waals surface area contributed by atoms with Crippen LogP contribution in [0.3, 0.4) is 0 Å². The van der Waals surface area contributed by atoms with Crippen LogP contribution in [0.2, 0.25) is 5.02 Å². The zero-order valence-electron chi connectivity index (χ0n) is 10.1.